The number of rotatable bonds is 8. The number of benzene rings is 1. The second kappa shape index (κ2) is 9.52. The first-order chi connectivity index (χ1) is 14.7. The summed E-state index contributed by atoms with van der Waals surface area (Å²) in [6.07, 6.45) is 8.92. The van der Waals surface area contributed by atoms with Crippen LogP contribution in [0.5, 0.6) is 5.75 Å². The number of ether oxygens (including phenoxy) is 1. The molecule has 0 amide bonds. The molecule has 1 aliphatic heterocycles. The second-order valence-corrected chi connectivity index (χ2v) is 7.65. The minimum absolute atomic E-state index is 0.246. The van der Waals surface area contributed by atoms with Gasteiger partial charge in [-0.2, -0.15) is 0 Å². The first-order valence-corrected chi connectivity index (χ1v) is 10.4. The number of carbonyl (C=O) groups is 1. The largest absolute Gasteiger partial charge is 0.497 e. The standard InChI is InChI=1S/C23H27N5O2/c1-30-20-4-2-3-18(15-20)27-16-19(29)6-5-17-8-13-28(14-9-17)21-7-10-25-23-22(21)24-11-12-26-23/h2-4,7,10-12,15,17,27H,5-6,8-9,13-14,16H2,1H3. The number of carbonyl (C=O) groups excluding carboxylic acids is 1. The average molecular weight is 406 g/mol. The third kappa shape index (κ3) is 4.84. The minimum atomic E-state index is 0.246. The zero-order valence-electron chi connectivity index (χ0n) is 17.3. The predicted octanol–water partition coefficient (Wildman–Crippen LogP) is 3.71. The zero-order chi connectivity index (χ0) is 20.8. The van der Waals surface area contributed by atoms with Crippen LogP contribution in [0.3, 0.4) is 0 Å². The highest BCUT2D eigenvalue weighted by Crippen LogP contribution is 2.29. The summed E-state index contributed by atoms with van der Waals surface area (Å²) in [7, 11) is 1.64. The molecule has 0 spiro atoms. The number of hydrogen-bond acceptors (Lipinski definition) is 7. The summed E-state index contributed by atoms with van der Waals surface area (Å²) in [5.74, 6) is 1.61. The van der Waals surface area contributed by atoms with Crippen LogP contribution >= 0.6 is 0 Å². The van der Waals surface area contributed by atoms with Gasteiger partial charge in [0, 0.05) is 49.9 Å². The third-order valence-electron chi connectivity index (χ3n) is 5.70. The van der Waals surface area contributed by atoms with E-state index in [0.29, 0.717) is 24.5 Å². The van der Waals surface area contributed by atoms with E-state index in [2.05, 4.69) is 25.2 Å². The fraction of sp³-hybridized carbons (Fsp3) is 0.391. The Morgan fingerprint density at radius 2 is 1.93 bits per heavy atom. The molecule has 2 aromatic heterocycles. The van der Waals surface area contributed by atoms with Crippen molar-refractivity contribution in [2.24, 2.45) is 5.92 Å². The molecule has 3 aromatic rings. The second-order valence-electron chi connectivity index (χ2n) is 7.65. The lowest BCUT2D eigenvalue weighted by Gasteiger charge is -2.33. The first kappa shape index (κ1) is 20.1. The molecule has 30 heavy (non-hydrogen) atoms. The Balaban J connectivity index is 1.23. The topological polar surface area (TPSA) is 80.2 Å². The van der Waals surface area contributed by atoms with E-state index in [1.54, 1.807) is 25.7 Å². The van der Waals surface area contributed by atoms with Crippen LogP contribution in [-0.4, -0.2) is 47.5 Å². The Bertz CT molecular complexity index is 996. The molecule has 7 nitrogen and oxygen atoms in total. The highest BCUT2D eigenvalue weighted by molar-refractivity contribution is 5.85. The van der Waals surface area contributed by atoms with E-state index in [1.165, 1.54) is 0 Å². The van der Waals surface area contributed by atoms with Crippen LogP contribution in [0.4, 0.5) is 11.4 Å². The molecule has 1 aromatic carbocycles. The molecule has 0 unspecified atom stereocenters. The van der Waals surface area contributed by atoms with Gasteiger partial charge >= 0.3 is 0 Å². The Morgan fingerprint density at radius 1 is 1.13 bits per heavy atom. The van der Waals surface area contributed by atoms with Crippen LogP contribution in [0, 0.1) is 5.92 Å². The monoisotopic (exact) mass is 405 g/mol. The van der Waals surface area contributed by atoms with Gasteiger partial charge in [-0.05, 0) is 43.4 Å². The Labute approximate surface area is 176 Å². The molecule has 1 fully saturated rings. The number of fused-ring (bicyclic) bond motifs is 1. The number of methoxy groups -OCH3 is 1. The molecule has 3 heterocycles. The molecule has 0 bridgehead atoms. The summed E-state index contributed by atoms with van der Waals surface area (Å²) in [5.41, 5.74) is 3.55. The lowest BCUT2D eigenvalue weighted by Crippen LogP contribution is -2.34. The van der Waals surface area contributed by atoms with Gasteiger partial charge in [0.1, 0.15) is 11.3 Å². The van der Waals surface area contributed by atoms with Crippen LogP contribution in [0.1, 0.15) is 25.7 Å². The quantitative estimate of drug-likeness (QED) is 0.612. The molecule has 0 atom stereocenters. The summed E-state index contributed by atoms with van der Waals surface area (Å²) in [4.78, 5) is 27.7. The van der Waals surface area contributed by atoms with Crippen molar-refractivity contribution in [3.05, 3.63) is 48.9 Å². The van der Waals surface area contributed by atoms with Crippen molar-refractivity contribution in [3.8, 4) is 5.75 Å². The summed E-state index contributed by atoms with van der Waals surface area (Å²) in [6.45, 7) is 2.29. The normalized spacial score (nSPS) is 14.6. The lowest BCUT2D eigenvalue weighted by molar-refractivity contribution is -0.117. The number of aromatic nitrogens is 3. The van der Waals surface area contributed by atoms with E-state index in [9.17, 15) is 4.79 Å². The number of nitrogens with one attached hydrogen (secondary N) is 1. The molecule has 0 saturated carbocycles. The number of piperidine rings is 1. The van der Waals surface area contributed by atoms with Crippen LogP contribution in [0.2, 0.25) is 0 Å². The van der Waals surface area contributed by atoms with Crippen LogP contribution in [0.15, 0.2) is 48.9 Å². The first-order valence-electron chi connectivity index (χ1n) is 10.4. The van der Waals surface area contributed by atoms with Gasteiger partial charge in [-0.25, -0.2) is 15.0 Å². The number of ketones is 1. The highest BCUT2D eigenvalue weighted by atomic mass is 16.5. The SMILES string of the molecule is COc1cccc(NCC(=O)CCC2CCN(c3ccnc4nccnc34)CC2)c1. The van der Waals surface area contributed by atoms with Gasteiger partial charge in [0.2, 0.25) is 0 Å². The summed E-state index contributed by atoms with van der Waals surface area (Å²) in [6, 6.07) is 9.66. The van der Waals surface area contributed by atoms with E-state index in [0.717, 1.165) is 55.0 Å². The number of nitrogens with zero attached hydrogens (tertiary/aromatic N) is 4. The fourth-order valence-electron chi connectivity index (χ4n) is 3.97. The van der Waals surface area contributed by atoms with E-state index in [4.69, 9.17) is 4.74 Å². The van der Waals surface area contributed by atoms with E-state index in [1.807, 2.05) is 30.3 Å². The molecule has 7 heteroatoms. The molecule has 1 saturated heterocycles. The number of anilines is 2. The van der Waals surface area contributed by atoms with E-state index >= 15 is 0 Å². The summed E-state index contributed by atoms with van der Waals surface area (Å²) < 4.78 is 5.21. The summed E-state index contributed by atoms with van der Waals surface area (Å²) in [5, 5.41) is 3.20. The third-order valence-corrected chi connectivity index (χ3v) is 5.70. The fourth-order valence-corrected chi connectivity index (χ4v) is 3.97. The van der Waals surface area contributed by atoms with Gasteiger partial charge in [0.05, 0.1) is 19.3 Å². The molecule has 1 N–H and O–H groups in total. The molecule has 4 rings (SSSR count). The Hall–Kier alpha value is -3.22. The maximum absolute atomic E-state index is 12.3. The van der Waals surface area contributed by atoms with Crippen LogP contribution in [-0.2, 0) is 4.79 Å². The smallest absolute Gasteiger partial charge is 0.180 e. The molecule has 1 aliphatic rings. The molecule has 156 valence electrons. The van der Waals surface area contributed by atoms with Crippen LogP contribution < -0.4 is 15.0 Å². The van der Waals surface area contributed by atoms with Crippen LogP contribution in [0.25, 0.3) is 11.2 Å². The number of pyridine rings is 1. The summed E-state index contributed by atoms with van der Waals surface area (Å²) >= 11 is 0. The predicted molar refractivity (Wildman–Crippen MR) is 118 cm³/mol. The average Bonchev–Trinajstić information content (AvgIpc) is 2.81. The van der Waals surface area contributed by atoms with Gasteiger partial charge in [-0.1, -0.05) is 6.07 Å². The molecule has 0 radical (unpaired) electrons. The van der Waals surface area contributed by atoms with Crippen molar-refractivity contribution >= 4 is 28.3 Å². The van der Waals surface area contributed by atoms with Gasteiger partial charge in [0.25, 0.3) is 0 Å². The lowest BCUT2D eigenvalue weighted by atomic mass is 9.91. The maximum Gasteiger partial charge on any atom is 0.180 e. The Morgan fingerprint density at radius 3 is 2.77 bits per heavy atom. The van der Waals surface area contributed by atoms with E-state index in [-0.39, 0.29) is 5.78 Å². The van der Waals surface area contributed by atoms with Gasteiger partial charge in [-0.3, -0.25) is 4.79 Å². The van der Waals surface area contributed by atoms with Crippen molar-refractivity contribution in [2.45, 2.75) is 25.7 Å². The van der Waals surface area contributed by atoms with Crippen molar-refractivity contribution < 1.29 is 9.53 Å². The highest BCUT2D eigenvalue weighted by Gasteiger charge is 2.22. The van der Waals surface area contributed by atoms with Crippen molar-refractivity contribution in [3.63, 3.8) is 0 Å². The van der Waals surface area contributed by atoms with Gasteiger partial charge in [0.15, 0.2) is 11.4 Å². The van der Waals surface area contributed by atoms with Crippen molar-refractivity contribution in [1.82, 2.24) is 15.0 Å². The van der Waals surface area contributed by atoms with Gasteiger partial charge < -0.3 is 15.0 Å². The van der Waals surface area contributed by atoms with Gasteiger partial charge in [-0.15, -0.1) is 0 Å². The molecular formula is C23H27N5O2. The zero-order valence-corrected chi connectivity index (χ0v) is 17.3. The van der Waals surface area contributed by atoms with E-state index < -0.39 is 0 Å². The minimum Gasteiger partial charge on any atom is -0.497 e. The maximum atomic E-state index is 12.3. The number of Topliss-reactive ketones (excluding diaryl/α,β-unsaturated/α-hetero) is 1. The Kier molecular flexibility index (Phi) is 6.37. The molecular weight excluding hydrogens is 378 g/mol. The molecule has 0 aliphatic carbocycles. The van der Waals surface area contributed by atoms with Crippen molar-refractivity contribution in [1.29, 1.82) is 0 Å². The number of hydrogen-bond donors (Lipinski definition) is 1. The van der Waals surface area contributed by atoms with Crippen molar-refractivity contribution in [2.75, 3.05) is 37.0 Å².